The molecule has 1 aromatic carbocycles. The topological polar surface area (TPSA) is 79.4 Å². The summed E-state index contributed by atoms with van der Waals surface area (Å²) < 4.78 is 18.5. The maximum absolute atomic E-state index is 13.5. The summed E-state index contributed by atoms with van der Waals surface area (Å²) in [5.41, 5.74) is 2.45. The maximum Gasteiger partial charge on any atom is 0.214 e. The lowest BCUT2D eigenvalue weighted by molar-refractivity contribution is -0.107. The SMILES string of the molecule is COCCCNc1ccc(N(C=O)Cc2cccnc2)c(NCCc2cccc(F)c2)n1. The minimum absolute atomic E-state index is 0.257. The van der Waals surface area contributed by atoms with Crippen LogP contribution in [0.1, 0.15) is 17.5 Å². The third kappa shape index (κ3) is 7.02. The summed E-state index contributed by atoms with van der Waals surface area (Å²) in [4.78, 5) is 22.3. The first kappa shape index (κ1) is 23.1. The minimum Gasteiger partial charge on any atom is -0.385 e. The van der Waals surface area contributed by atoms with Crippen LogP contribution in [0.25, 0.3) is 0 Å². The second-order valence-electron chi connectivity index (χ2n) is 7.24. The number of hydrogen-bond donors (Lipinski definition) is 2. The van der Waals surface area contributed by atoms with Crippen molar-refractivity contribution in [3.8, 4) is 0 Å². The van der Waals surface area contributed by atoms with E-state index in [9.17, 15) is 9.18 Å². The summed E-state index contributed by atoms with van der Waals surface area (Å²) in [6.45, 7) is 2.29. The fourth-order valence-corrected chi connectivity index (χ4v) is 3.23. The van der Waals surface area contributed by atoms with Crippen molar-refractivity contribution in [2.45, 2.75) is 19.4 Å². The molecule has 0 saturated heterocycles. The zero-order valence-corrected chi connectivity index (χ0v) is 18.1. The number of methoxy groups -OCH3 is 1. The molecule has 32 heavy (non-hydrogen) atoms. The van der Waals surface area contributed by atoms with Gasteiger partial charge in [-0.25, -0.2) is 9.37 Å². The molecular formula is C24H28FN5O2. The molecule has 8 heteroatoms. The number of carbonyl (C=O) groups excluding carboxylic acids is 1. The Kier molecular flexibility index (Phi) is 8.94. The number of benzene rings is 1. The van der Waals surface area contributed by atoms with Gasteiger partial charge in [-0.05, 0) is 54.3 Å². The summed E-state index contributed by atoms with van der Waals surface area (Å²) in [6, 6.07) is 14.0. The third-order valence-electron chi connectivity index (χ3n) is 4.81. The number of nitrogens with zero attached hydrogens (tertiary/aromatic N) is 3. The third-order valence-corrected chi connectivity index (χ3v) is 4.81. The highest BCUT2D eigenvalue weighted by molar-refractivity contribution is 5.82. The maximum atomic E-state index is 13.5. The van der Waals surface area contributed by atoms with Crippen molar-refractivity contribution in [2.75, 3.05) is 42.3 Å². The number of rotatable bonds is 13. The zero-order chi connectivity index (χ0) is 22.6. The second-order valence-corrected chi connectivity index (χ2v) is 7.24. The number of amides is 1. The molecule has 3 aromatic rings. The van der Waals surface area contributed by atoms with Crippen molar-refractivity contribution in [2.24, 2.45) is 0 Å². The van der Waals surface area contributed by atoms with Crippen LogP contribution in [0.15, 0.2) is 60.9 Å². The Bertz CT molecular complexity index is 987. The van der Waals surface area contributed by atoms with Gasteiger partial charge < -0.3 is 20.3 Å². The lowest BCUT2D eigenvalue weighted by Crippen LogP contribution is -2.23. The highest BCUT2D eigenvalue weighted by Gasteiger charge is 2.14. The highest BCUT2D eigenvalue weighted by Crippen LogP contribution is 2.26. The van der Waals surface area contributed by atoms with Crippen molar-refractivity contribution in [3.63, 3.8) is 0 Å². The van der Waals surface area contributed by atoms with E-state index in [1.807, 2.05) is 30.3 Å². The van der Waals surface area contributed by atoms with Crippen molar-refractivity contribution in [1.82, 2.24) is 9.97 Å². The van der Waals surface area contributed by atoms with Gasteiger partial charge in [-0.15, -0.1) is 0 Å². The van der Waals surface area contributed by atoms with Crippen LogP contribution in [0.2, 0.25) is 0 Å². The Morgan fingerprint density at radius 3 is 2.72 bits per heavy atom. The minimum atomic E-state index is -0.257. The lowest BCUT2D eigenvalue weighted by Gasteiger charge is -2.22. The van der Waals surface area contributed by atoms with E-state index in [-0.39, 0.29) is 5.82 Å². The number of carbonyl (C=O) groups is 1. The van der Waals surface area contributed by atoms with Gasteiger partial charge in [-0.2, -0.15) is 0 Å². The molecule has 0 saturated carbocycles. The second kappa shape index (κ2) is 12.4. The number of anilines is 3. The zero-order valence-electron chi connectivity index (χ0n) is 18.1. The van der Waals surface area contributed by atoms with Crippen molar-refractivity contribution in [3.05, 3.63) is 77.9 Å². The van der Waals surface area contributed by atoms with Crippen LogP contribution in [-0.4, -0.2) is 43.2 Å². The van der Waals surface area contributed by atoms with E-state index < -0.39 is 0 Å². The molecule has 0 atom stereocenters. The van der Waals surface area contributed by atoms with E-state index in [1.54, 1.807) is 30.5 Å². The van der Waals surface area contributed by atoms with Gasteiger partial charge in [0.25, 0.3) is 0 Å². The molecule has 2 N–H and O–H groups in total. The Hall–Kier alpha value is -3.52. The van der Waals surface area contributed by atoms with E-state index in [1.165, 1.54) is 12.1 Å². The molecule has 0 aliphatic carbocycles. The molecule has 0 aliphatic rings. The Balaban J connectivity index is 1.76. The first-order valence-electron chi connectivity index (χ1n) is 10.5. The molecule has 0 fully saturated rings. The predicted molar refractivity (Wildman–Crippen MR) is 124 cm³/mol. The van der Waals surface area contributed by atoms with Crippen LogP contribution in [0.5, 0.6) is 0 Å². The number of halogens is 1. The monoisotopic (exact) mass is 437 g/mol. The van der Waals surface area contributed by atoms with Gasteiger partial charge in [-0.1, -0.05) is 18.2 Å². The summed E-state index contributed by atoms with van der Waals surface area (Å²) >= 11 is 0. The van der Waals surface area contributed by atoms with Gasteiger partial charge in [0.15, 0.2) is 5.82 Å². The van der Waals surface area contributed by atoms with Gasteiger partial charge >= 0.3 is 0 Å². The van der Waals surface area contributed by atoms with Crippen molar-refractivity contribution < 1.29 is 13.9 Å². The van der Waals surface area contributed by atoms with E-state index >= 15 is 0 Å². The van der Waals surface area contributed by atoms with E-state index in [2.05, 4.69) is 20.6 Å². The van der Waals surface area contributed by atoms with Gasteiger partial charge in [0.2, 0.25) is 6.41 Å². The first-order valence-corrected chi connectivity index (χ1v) is 10.5. The van der Waals surface area contributed by atoms with Crippen molar-refractivity contribution in [1.29, 1.82) is 0 Å². The first-order chi connectivity index (χ1) is 15.7. The fourth-order valence-electron chi connectivity index (χ4n) is 3.23. The van der Waals surface area contributed by atoms with Gasteiger partial charge in [0.05, 0.1) is 12.2 Å². The summed E-state index contributed by atoms with van der Waals surface area (Å²) in [5, 5.41) is 6.58. The Morgan fingerprint density at radius 2 is 1.97 bits per heavy atom. The number of ether oxygens (including phenoxy) is 1. The van der Waals surface area contributed by atoms with Crippen LogP contribution in [0, 0.1) is 5.82 Å². The quantitative estimate of drug-likeness (QED) is 0.312. The van der Waals surface area contributed by atoms with Gasteiger partial charge in [0.1, 0.15) is 11.6 Å². The number of hydrogen-bond acceptors (Lipinski definition) is 6. The normalized spacial score (nSPS) is 10.6. The Morgan fingerprint density at radius 1 is 1.09 bits per heavy atom. The predicted octanol–water partition coefficient (Wildman–Crippen LogP) is 3.88. The molecule has 0 bridgehead atoms. The lowest BCUT2D eigenvalue weighted by atomic mass is 10.1. The number of aromatic nitrogens is 2. The standard InChI is InChI=1S/C24H28FN5O2/c1-32-14-4-12-27-23-9-8-22(30(18-31)17-20-6-3-11-26-16-20)24(29-23)28-13-10-19-5-2-7-21(25)15-19/h2-3,5-9,11,15-16,18H,4,10,12-14,17H2,1H3,(H2,27,28,29). The smallest absolute Gasteiger partial charge is 0.214 e. The molecule has 3 rings (SSSR count). The Labute approximate surface area is 187 Å². The highest BCUT2D eigenvalue weighted by atomic mass is 19.1. The molecule has 0 unspecified atom stereocenters. The van der Waals surface area contributed by atoms with E-state index in [4.69, 9.17) is 4.74 Å². The molecule has 0 radical (unpaired) electrons. The average molecular weight is 438 g/mol. The molecule has 168 valence electrons. The van der Waals surface area contributed by atoms with Crippen LogP contribution in [-0.2, 0) is 22.5 Å². The van der Waals surface area contributed by atoms with E-state index in [0.29, 0.717) is 43.4 Å². The number of pyridine rings is 2. The van der Waals surface area contributed by atoms with Crippen LogP contribution >= 0.6 is 0 Å². The van der Waals surface area contributed by atoms with Gasteiger partial charge in [0, 0.05) is 39.2 Å². The molecule has 2 aromatic heterocycles. The molecule has 2 heterocycles. The molecule has 0 spiro atoms. The van der Waals surface area contributed by atoms with Crippen LogP contribution in [0.4, 0.5) is 21.7 Å². The summed E-state index contributed by atoms with van der Waals surface area (Å²) in [5.74, 6) is 1.02. The van der Waals surface area contributed by atoms with E-state index in [0.717, 1.165) is 30.5 Å². The van der Waals surface area contributed by atoms with Crippen LogP contribution in [0.3, 0.4) is 0 Å². The molecule has 1 amide bonds. The summed E-state index contributed by atoms with van der Waals surface area (Å²) in [7, 11) is 1.67. The summed E-state index contributed by atoms with van der Waals surface area (Å²) in [6.07, 6.45) is 5.68. The average Bonchev–Trinajstić information content (AvgIpc) is 2.81. The van der Waals surface area contributed by atoms with Crippen molar-refractivity contribution >= 4 is 23.7 Å². The number of nitrogens with one attached hydrogen (secondary N) is 2. The molecule has 7 nitrogen and oxygen atoms in total. The van der Waals surface area contributed by atoms with Gasteiger partial charge in [-0.3, -0.25) is 9.78 Å². The molecular weight excluding hydrogens is 409 g/mol. The largest absolute Gasteiger partial charge is 0.385 e. The fraction of sp³-hybridized carbons (Fsp3) is 0.292. The molecule has 0 aliphatic heterocycles. The van der Waals surface area contributed by atoms with Crippen LogP contribution < -0.4 is 15.5 Å².